The van der Waals surface area contributed by atoms with Gasteiger partial charge in [0.2, 0.25) is 5.91 Å². The van der Waals surface area contributed by atoms with E-state index in [1.54, 1.807) is 0 Å². The van der Waals surface area contributed by atoms with Crippen LogP contribution in [0.2, 0.25) is 0 Å². The van der Waals surface area contributed by atoms with Gasteiger partial charge in [0.1, 0.15) is 6.61 Å². The third kappa shape index (κ3) is 4.30. The van der Waals surface area contributed by atoms with Gasteiger partial charge in [0.25, 0.3) is 0 Å². The average Bonchev–Trinajstić information content (AvgIpc) is 3.03. The predicted octanol–water partition coefficient (Wildman–Crippen LogP) is 4.48. The number of hydrogen-bond acceptors (Lipinski definition) is 4. The van der Waals surface area contributed by atoms with Gasteiger partial charge in [-0.15, -0.1) is 0 Å². The molecule has 0 radical (unpaired) electrons. The smallest absolute Gasteiger partial charge is 0.407 e. The Hall–Kier alpha value is -2.96. The molecular weight excluding hydrogens is 376 g/mol. The number of ether oxygens (including phenoxy) is 1. The molecule has 1 N–H and O–H groups in total. The second-order valence-electron chi connectivity index (χ2n) is 6.33. The van der Waals surface area contributed by atoms with E-state index in [0.29, 0.717) is 12.2 Å². The molecule has 8 heteroatoms. The molecule has 1 aliphatic rings. The fourth-order valence-electron chi connectivity index (χ4n) is 3.39. The summed E-state index contributed by atoms with van der Waals surface area (Å²) < 4.78 is 5.43. The minimum Gasteiger partial charge on any atom is -0.449 e. The number of carbonyl (C=O) groups excluding carboxylic acids is 2. The second-order valence-corrected chi connectivity index (χ2v) is 7.32. The number of nitrogens with zero attached hydrogens (tertiary/aromatic N) is 3. The van der Waals surface area contributed by atoms with Crippen LogP contribution >= 0.6 is 11.8 Å². The van der Waals surface area contributed by atoms with Crippen molar-refractivity contribution < 1.29 is 14.3 Å². The predicted molar refractivity (Wildman–Crippen MR) is 109 cm³/mol. The summed E-state index contributed by atoms with van der Waals surface area (Å²) in [6.07, 6.45) is 1.56. The molecule has 144 valence electrons. The van der Waals surface area contributed by atoms with Gasteiger partial charge in [-0.25, -0.2) is 4.79 Å². The summed E-state index contributed by atoms with van der Waals surface area (Å²) in [7, 11) is 0. The van der Waals surface area contributed by atoms with Crippen LogP contribution in [0.25, 0.3) is 21.6 Å². The van der Waals surface area contributed by atoms with E-state index in [-0.39, 0.29) is 12.5 Å². The van der Waals surface area contributed by atoms with Crippen LogP contribution < -0.4 is 5.32 Å². The van der Waals surface area contributed by atoms with Crippen LogP contribution in [-0.2, 0) is 9.53 Å². The number of carbonyl (C=O) groups is 2. The molecule has 1 atom stereocenters. The molecule has 0 aliphatic heterocycles. The fourth-order valence-corrected chi connectivity index (χ4v) is 3.86. The Balaban J connectivity index is 1.68. The molecule has 1 aliphatic carbocycles. The zero-order valence-electron chi connectivity index (χ0n) is 15.4. The van der Waals surface area contributed by atoms with E-state index in [0.717, 1.165) is 22.3 Å². The van der Waals surface area contributed by atoms with Gasteiger partial charge < -0.3 is 10.1 Å². The molecule has 2 aromatic carbocycles. The summed E-state index contributed by atoms with van der Waals surface area (Å²) in [6, 6.07) is 15.2. The molecule has 2 amide bonds. The third-order valence-electron chi connectivity index (χ3n) is 4.69. The number of fused-ring (bicyclic) bond motifs is 3. The van der Waals surface area contributed by atoms with Crippen molar-refractivity contribution in [1.82, 2.24) is 5.32 Å². The van der Waals surface area contributed by atoms with Crippen molar-refractivity contribution in [3.8, 4) is 11.1 Å². The highest BCUT2D eigenvalue weighted by atomic mass is 32.2. The Morgan fingerprint density at radius 1 is 1.18 bits per heavy atom. The Labute approximate surface area is 167 Å². The Morgan fingerprint density at radius 3 is 2.36 bits per heavy atom. The van der Waals surface area contributed by atoms with Gasteiger partial charge in [0.15, 0.2) is 0 Å². The van der Waals surface area contributed by atoms with Crippen molar-refractivity contribution in [3.63, 3.8) is 0 Å². The molecule has 0 bridgehead atoms. The minimum atomic E-state index is -0.890. The molecule has 0 spiro atoms. The van der Waals surface area contributed by atoms with E-state index in [4.69, 9.17) is 10.3 Å². The van der Waals surface area contributed by atoms with E-state index in [1.807, 2.05) is 42.7 Å². The highest BCUT2D eigenvalue weighted by Crippen LogP contribution is 2.44. The summed E-state index contributed by atoms with van der Waals surface area (Å²) in [5.74, 6) is -0.137. The van der Waals surface area contributed by atoms with Gasteiger partial charge in [0.05, 0.1) is 6.04 Å². The van der Waals surface area contributed by atoms with Crippen molar-refractivity contribution in [2.24, 2.45) is 5.11 Å². The molecule has 0 fully saturated rings. The normalized spacial score (nSPS) is 13.0. The van der Waals surface area contributed by atoms with Crippen LogP contribution in [0.3, 0.4) is 0 Å². The van der Waals surface area contributed by atoms with Crippen LogP contribution in [0.15, 0.2) is 53.6 Å². The lowest BCUT2D eigenvalue weighted by molar-refractivity contribution is -0.119. The van der Waals surface area contributed by atoms with Crippen LogP contribution in [0.1, 0.15) is 23.5 Å². The van der Waals surface area contributed by atoms with Crippen LogP contribution in [0.4, 0.5) is 4.79 Å². The average molecular weight is 396 g/mol. The standard InChI is InChI=1S/C20H20N4O3S/c1-28-11-10-18(19(25)23-24-21)22-20(26)27-12-17-15-8-4-2-6-13(15)14-7-3-5-9-16(14)17/h2-9,17-18H,10-12H2,1H3,(H,22,26)/t18-/m0/s1. The van der Waals surface area contributed by atoms with Crippen LogP contribution in [0.5, 0.6) is 0 Å². The molecule has 28 heavy (non-hydrogen) atoms. The van der Waals surface area contributed by atoms with Gasteiger partial charge in [-0.1, -0.05) is 48.5 Å². The van der Waals surface area contributed by atoms with Crippen molar-refractivity contribution in [2.75, 3.05) is 18.6 Å². The number of thioether (sulfide) groups is 1. The molecule has 0 unspecified atom stereocenters. The lowest BCUT2D eigenvalue weighted by Gasteiger charge is -2.17. The summed E-state index contributed by atoms with van der Waals surface area (Å²) in [5.41, 5.74) is 13.0. The first-order chi connectivity index (χ1) is 13.7. The first-order valence-electron chi connectivity index (χ1n) is 8.85. The number of amides is 2. The first kappa shape index (κ1) is 19.8. The summed E-state index contributed by atoms with van der Waals surface area (Å²) in [4.78, 5) is 26.7. The van der Waals surface area contributed by atoms with Gasteiger partial charge in [-0.3, -0.25) is 4.79 Å². The number of benzene rings is 2. The van der Waals surface area contributed by atoms with Crippen molar-refractivity contribution in [1.29, 1.82) is 0 Å². The summed E-state index contributed by atoms with van der Waals surface area (Å²) in [5, 5.41) is 5.61. The number of alkyl carbamates (subject to hydrolysis) is 1. The highest BCUT2D eigenvalue weighted by molar-refractivity contribution is 7.98. The Kier molecular flexibility index (Phi) is 6.57. The molecular formula is C20H20N4O3S. The van der Waals surface area contributed by atoms with Gasteiger partial charge in [-0.2, -0.15) is 11.8 Å². The zero-order chi connectivity index (χ0) is 19.9. The van der Waals surface area contributed by atoms with Crippen LogP contribution in [0, 0.1) is 0 Å². The zero-order valence-corrected chi connectivity index (χ0v) is 16.2. The van der Waals surface area contributed by atoms with E-state index in [9.17, 15) is 9.59 Å². The third-order valence-corrected chi connectivity index (χ3v) is 5.33. The molecule has 2 aromatic rings. The number of hydrogen-bond donors (Lipinski definition) is 1. The molecule has 3 rings (SSSR count). The molecule has 0 saturated carbocycles. The molecule has 7 nitrogen and oxygen atoms in total. The van der Waals surface area contributed by atoms with E-state index in [1.165, 1.54) is 11.8 Å². The van der Waals surface area contributed by atoms with Gasteiger partial charge in [-0.05, 0) is 51.3 Å². The number of azide groups is 1. The summed E-state index contributed by atoms with van der Waals surface area (Å²) in [6.45, 7) is 0.158. The number of nitrogens with one attached hydrogen (secondary N) is 1. The van der Waals surface area contributed by atoms with Crippen molar-refractivity contribution >= 4 is 23.8 Å². The molecule has 0 aromatic heterocycles. The maximum atomic E-state index is 12.3. The van der Waals surface area contributed by atoms with Gasteiger partial charge >= 0.3 is 6.09 Å². The van der Waals surface area contributed by atoms with E-state index < -0.39 is 18.0 Å². The highest BCUT2D eigenvalue weighted by Gasteiger charge is 2.29. The topological polar surface area (TPSA) is 104 Å². The monoisotopic (exact) mass is 396 g/mol. The lowest BCUT2D eigenvalue weighted by atomic mass is 9.98. The fraction of sp³-hybridized carbons (Fsp3) is 0.300. The lowest BCUT2D eigenvalue weighted by Crippen LogP contribution is -2.41. The Morgan fingerprint density at radius 2 is 1.79 bits per heavy atom. The Bertz CT molecular complexity index is 882. The van der Waals surface area contributed by atoms with E-state index >= 15 is 0 Å². The molecule has 0 saturated heterocycles. The SMILES string of the molecule is CSCC[C@H](NC(=O)OCC1c2ccccc2-c2ccccc21)C(=O)N=[N+]=[N-]. The molecule has 0 heterocycles. The second kappa shape index (κ2) is 9.30. The van der Waals surface area contributed by atoms with Crippen LogP contribution in [-0.4, -0.2) is 36.7 Å². The van der Waals surface area contributed by atoms with Crippen molar-refractivity contribution in [2.45, 2.75) is 18.4 Å². The van der Waals surface area contributed by atoms with Gasteiger partial charge in [0, 0.05) is 10.8 Å². The quantitative estimate of drug-likeness (QED) is 0.423. The largest absolute Gasteiger partial charge is 0.449 e. The first-order valence-corrected chi connectivity index (χ1v) is 10.2. The minimum absolute atomic E-state index is 0.0596. The summed E-state index contributed by atoms with van der Waals surface area (Å²) >= 11 is 1.53. The number of rotatable bonds is 7. The maximum absolute atomic E-state index is 12.3. The van der Waals surface area contributed by atoms with Crippen molar-refractivity contribution in [3.05, 3.63) is 70.1 Å². The van der Waals surface area contributed by atoms with E-state index in [2.05, 4.69) is 27.5 Å². The maximum Gasteiger partial charge on any atom is 0.407 e.